The molecule has 1 unspecified atom stereocenters. The summed E-state index contributed by atoms with van der Waals surface area (Å²) in [7, 11) is 0. The van der Waals surface area contributed by atoms with Crippen LogP contribution in [0.2, 0.25) is 0 Å². The molecule has 5 rings (SSSR count). The normalized spacial score (nSPS) is 21.9. The molecule has 1 aliphatic heterocycles. The fourth-order valence-electron chi connectivity index (χ4n) is 5.05. The largest absolute Gasteiger partial charge is 0.394 e. The van der Waals surface area contributed by atoms with Crippen molar-refractivity contribution >= 4 is 0 Å². The lowest BCUT2D eigenvalue weighted by molar-refractivity contribution is -0.329. The van der Waals surface area contributed by atoms with Crippen molar-refractivity contribution < 1.29 is 33.5 Å². The lowest BCUT2D eigenvalue weighted by Crippen LogP contribution is -2.61. The Morgan fingerprint density at radius 3 is 1.37 bits per heavy atom. The SMILES string of the molecule is OCCOC1O[C@H](COCc2ccccc2)[C@H](OCc2ccccc2)[C@H](OCc2ccccc2)[C@H]1OCc1ccccc1. The molecular formula is C36H40O7. The average molecular weight is 585 g/mol. The van der Waals surface area contributed by atoms with Crippen molar-refractivity contribution in [2.45, 2.75) is 57.1 Å². The van der Waals surface area contributed by atoms with Gasteiger partial charge in [-0.3, -0.25) is 0 Å². The first-order valence-electron chi connectivity index (χ1n) is 14.8. The van der Waals surface area contributed by atoms with E-state index in [4.69, 9.17) is 28.4 Å². The zero-order valence-corrected chi connectivity index (χ0v) is 24.3. The zero-order valence-electron chi connectivity index (χ0n) is 24.3. The van der Waals surface area contributed by atoms with Gasteiger partial charge in [-0.2, -0.15) is 0 Å². The molecule has 1 fully saturated rings. The molecule has 7 heteroatoms. The third-order valence-electron chi connectivity index (χ3n) is 7.21. The summed E-state index contributed by atoms with van der Waals surface area (Å²) in [5.41, 5.74) is 4.14. The molecule has 0 amide bonds. The molecule has 1 N–H and O–H groups in total. The molecule has 7 nitrogen and oxygen atoms in total. The number of rotatable bonds is 16. The van der Waals surface area contributed by atoms with E-state index in [1.807, 2.05) is 121 Å². The van der Waals surface area contributed by atoms with E-state index >= 15 is 0 Å². The van der Waals surface area contributed by atoms with E-state index in [9.17, 15) is 5.11 Å². The number of aliphatic hydroxyl groups excluding tert-OH is 1. The lowest BCUT2D eigenvalue weighted by Gasteiger charge is -2.45. The van der Waals surface area contributed by atoms with E-state index in [0.717, 1.165) is 22.3 Å². The number of hydrogen-bond donors (Lipinski definition) is 1. The van der Waals surface area contributed by atoms with Gasteiger partial charge in [0, 0.05) is 0 Å². The molecule has 226 valence electrons. The van der Waals surface area contributed by atoms with Gasteiger partial charge in [-0.05, 0) is 22.3 Å². The molecule has 1 saturated heterocycles. The Morgan fingerprint density at radius 2 is 0.907 bits per heavy atom. The Bertz CT molecular complexity index is 1290. The highest BCUT2D eigenvalue weighted by Gasteiger charge is 2.49. The quantitative estimate of drug-likeness (QED) is 0.181. The van der Waals surface area contributed by atoms with Gasteiger partial charge in [-0.25, -0.2) is 0 Å². The van der Waals surface area contributed by atoms with Crippen LogP contribution in [0.5, 0.6) is 0 Å². The lowest BCUT2D eigenvalue weighted by atomic mass is 9.97. The maximum atomic E-state index is 9.60. The van der Waals surface area contributed by atoms with Gasteiger partial charge in [0.2, 0.25) is 0 Å². The second-order valence-corrected chi connectivity index (χ2v) is 10.4. The minimum Gasteiger partial charge on any atom is -0.394 e. The van der Waals surface area contributed by atoms with Crippen LogP contribution in [0, 0.1) is 0 Å². The summed E-state index contributed by atoms with van der Waals surface area (Å²) in [6, 6.07) is 40.0. The molecule has 0 aromatic heterocycles. The van der Waals surface area contributed by atoms with Crippen LogP contribution in [0.4, 0.5) is 0 Å². The van der Waals surface area contributed by atoms with Gasteiger partial charge in [0.25, 0.3) is 0 Å². The number of aliphatic hydroxyl groups is 1. The predicted molar refractivity (Wildman–Crippen MR) is 163 cm³/mol. The van der Waals surface area contributed by atoms with Crippen LogP contribution in [-0.2, 0) is 54.8 Å². The summed E-state index contributed by atoms with van der Waals surface area (Å²) in [6.07, 6.45) is -3.06. The summed E-state index contributed by atoms with van der Waals surface area (Å²) >= 11 is 0. The monoisotopic (exact) mass is 584 g/mol. The van der Waals surface area contributed by atoms with Crippen LogP contribution >= 0.6 is 0 Å². The average Bonchev–Trinajstić information content (AvgIpc) is 3.07. The molecule has 5 atom stereocenters. The zero-order chi connectivity index (χ0) is 29.5. The molecule has 0 aliphatic carbocycles. The molecule has 4 aromatic carbocycles. The Kier molecular flexibility index (Phi) is 12.3. The van der Waals surface area contributed by atoms with Gasteiger partial charge < -0.3 is 33.5 Å². The first-order chi connectivity index (χ1) is 21.3. The maximum Gasteiger partial charge on any atom is 0.187 e. The number of ether oxygens (including phenoxy) is 6. The van der Waals surface area contributed by atoms with Gasteiger partial charge >= 0.3 is 0 Å². The highest BCUT2D eigenvalue weighted by Crippen LogP contribution is 2.31. The van der Waals surface area contributed by atoms with Crippen LogP contribution in [0.15, 0.2) is 121 Å². The summed E-state index contributed by atoms with van der Waals surface area (Å²) in [5.74, 6) is 0. The fourth-order valence-corrected chi connectivity index (χ4v) is 5.05. The molecule has 1 heterocycles. The summed E-state index contributed by atoms with van der Waals surface area (Å²) < 4.78 is 38.5. The molecule has 43 heavy (non-hydrogen) atoms. The molecule has 1 aliphatic rings. The minimum atomic E-state index is -0.807. The van der Waals surface area contributed by atoms with Crippen molar-refractivity contribution in [3.8, 4) is 0 Å². The Hall–Kier alpha value is -3.40. The van der Waals surface area contributed by atoms with Crippen molar-refractivity contribution in [2.75, 3.05) is 19.8 Å². The molecule has 0 bridgehead atoms. The first kappa shape index (κ1) is 31.0. The van der Waals surface area contributed by atoms with Gasteiger partial charge in [-0.15, -0.1) is 0 Å². The van der Waals surface area contributed by atoms with E-state index in [1.54, 1.807) is 0 Å². The standard InChI is InChI=1S/C36H40O7/c37-21-22-39-36-35(42-26-31-19-11-4-12-20-31)34(41-25-30-17-9-3-10-18-30)33(40-24-29-15-7-2-8-16-29)32(43-36)27-38-23-28-13-5-1-6-14-28/h1-20,32-37H,21-27H2/t32-,33+,34+,35-,36?/m1/s1. The van der Waals surface area contributed by atoms with Crippen LogP contribution in [-0.4, -0.2) is 55.6 Å². The fraction of sp³-hybridized carbons (Fsp3) is 0.333. The van der Waals surface area contributed by atoms with E-state index in [-0.39, 0.29) is 19.8 Å². The third kappa shape index (κ3) is 9.55. The van der Waals surface area contributed by atoms with Crippen molar-refractivity contribution in [1.29, 1.82) is 0 Å². The predicted octanol–water partition coefficient (Wildman–Crippen LogP) is 5.69. The first-order valence-corrected chi connectivity index (χ1v) is 14.8. The second-order valence-electron chi connectivity index (χ2n) is 10.4. The molecule has 0 saturated carbocycles. The van der Waals surface area contributed by atoms with Crippen molar-refractivity contribution in [1.82, 2.24) is 0 Å². The molecule has 0 radical (unpaired) electrons. The van der Waals surface area contributed by atoms with Crippen molar-refractivity contribution in [3.05, 3.63) is 144 Å². The molecular weight excluding hydrogens is 544 g/mol. The van der Waals surface area contributed by atoms with E-state index in [1.165, 1.54) is 0 Å². The van der Waals surface area contributed by atoms with E-state index in [0.29, 0.717) is 26.4 Å². The van der Waals surface area contributed by atoms with Crippen LogP contribution in [0.3, 0.4) is 0 Å². The topological polar surface area (TPSA) is 75.6 Å². The van der Waals surface area contributed by atoms with Crippen LogP contribution < -0.4 is 0 Å². The Balaban J connectivity index is 1.41. The summed E-state index contributed by atoms with van der Waals surface area (Å²) in [6.45, 7) is 1.68. The second kappa shape index (κ2) is 17.0. The molecule has 0 spiro atoms. The van der Waals surface area contributed by atoms with Crippen molar-refractivity contribution in [2.24, 2.45) is 0 Å². The highest BCUT2D eigenvalue weighted by molar-refractivity contribution is 5.16. The van der Waals surface area contributed by atoms with Gasteiger partial charge in [0.1, 0.15) is 24.4 Å². The Morgan fingerprint density at radius 1 is 0.488 bits per heavy atom. The minimum absolute atomic E-state index is 0.0917. The Labute approximate surface area is 253 Å². The highest BCUT2D eigenvalue weighted by atomic mass is 16.7. The molecule has 4 aromatic rings. The number of hydrogen-bond acceptors (Lipinski definition) is 7. The summed E-state index contributed by atoms with van der Waals surface area (Å²) in [5, 5.41) is 9.60. The smallest absolute Gasteiger partial charge is 0.187 e. The summed E-state index contributed by atoms with van der Waals surface area (Å²) in [4.78, 5) is 0. The van der Waals surface area contributed by atoms with Gasteiger partial charge in [-0.1, -0.05) is 121 Å². The van der Waals surface area contributed by atoms with Crippen LogP contribution in [0.25, 0.3) is 0 Å². The van der Waals surface area contributed by atoms with Gasteiger partial charge in [0.15, 0.2) is 6.29 Å². The van der Waals surface area contributed by atoms with Crippen molar-refractivity contribution in [3.63, 3.8) is 0 Å². The van der Waals surface area contributed by atoms with Gasteiger partial charge in [0.05, 0.1) is 46.2 Å². The third-order valence-corrected chi connectivity index (χ3v) is 7.21. The van der Waals surface area contributed by atoms with E-state index in [2.05, 4.69) is 0 Å². The van der Waals surface area contributed by atoms with E-state index < -0.39 is 30.7 Å². The maximum absolute atomic E-state index is 9.60. The van der Waals surface area contributed by atoms with Crippen LogP contribution in [0.1, 0.15) is 22.3 Å². The number of benzene rings is 4.